The first kappa shape index (κ1) is 13.1. The Balaban J connectivity index is 1.99. The lowest BCUT2D eigenvalue weighted by molar-refractivity contribution is 0.00445. The van der Waals surface area contributed by atoms with Gasteiger partial charge < -0.3 is 4.74 Å². The van der Waals surface area contributed by atoms with Crippen LogP contribution in [0.2, 0.25) is 0 Å². The predicted molar refractivity (Wildman–Crippen MR) is 71.5 cm³/mol. The lowest BCUT2D eigenvalue weighted by atomic mass is 10.1. The van der Waals surface area contributed by atoms with Gasteiger partial charge >= 0.3 is 5.69 Å². The third-order valence-corrected chi connectivity index (χ3v) is 3.92. The second kappa shape index (κ2) is 5.25. The molecular weight excluding hydrogens is 258 g/mol. The molecule has 0 bridgehead atoms. The smallest absolute Gasteiger partial charge is 0.331 e. The predicted octanol–water partition coefficient (Wildman–Crippen LogP) is 0.786. The molecule has 0 N–H and O–H groups in total. The molecule has 0 unspecified atom stereocenters. The summed E-state index contributed by atoms with van der Waals surface area (Å²) in [4.78, 5) is 24.5. The fraction of sp³-hybridized carbons (Fsp3) is 0.643. The van der Waals surface area contributed by atoms with Crippen molar-refractivity contribution in [2.75, 3.05) is 6.61 Å². The highest BCUT2D eigenvalue weighted by Crippen LogP contribution is 2.33. The molecule has 1 aromatic heterocycles. The summed E-state index contributed by atoms with van der Waals surface area (Å²) in [7, 11) is 0. The summed E-state index contributed by atoms with van der Waals surface area (Å²) in [6.45, 7) is 0.925. The first-order chi connectivity index (χ1) is 9.70. The van der Waals surface area contributed by atoms with Gasteiger partial charge in [-0.2, -0.15) is 5.26 Å². The van der Waals surface area contributed by atoms with Gasteiger partial charge in [-0.3, -0.25) is 13.9 Å². The van der Waals surface area contributed by atoms with E-state index in [1.807, 2.05) is 6.07 Å². The molecule has 0 aromatic carbocycles. The Bertz CT molecular complexity index is 658. The molecule has 106 valence electrons. The van der Waals surface area contributed by atoms with Gasteiger partial charge in [0, 0.05) is 18.8 Å². The maximum atomic E-state index is 12.4. The third-order valence-electron chi connectivity index (χ3n) is 3.92. The zero-order chi connectivity index (χ0) is 14.1. The van der Waals surface area contributed by atoms with E-state index in [2.05, 4.69) is 0 Å². The van der Waals surface area contributed by atoms with Gasteiger partial charge in [0.2, 0.25) is 0 Å². The van der Waals surface area contributed by atoms with Gasteiger partial charge in [0.05, 0.1) is 12.6 Å². The van der Waals surface area contributed by atoms with Crippen molar-refractivity contribution in [1.82, 2.24) is 9.13 Å². The summed E-state index contributed by atoms with van der Waals surface area (Å²) < 4.78 is 8.29. The van der Waals surface area contributed by atoms with Crippen molar-refractivity contribution in [2.24, 2.45) is 0 Å². The molecule has 6 nitrogen and oxygen atoms in total. The highest BCUT2D eigenvalue weighted by molar-refractivity contribution is 5.23. The molecule has 1 atom stereocenters. The Morgan fingerprint density at radius 3 is 2.70 bits per heavy atom. The van der Waals surface area contributed by atoms with E-state index < -0.39 is 5.56 Å². The number of hydrogen-bond donors (Lipinski definition) is 0. The molecule has 1 saturated heterocycles. The van der Waals surface area contributed by atoms with Gasteiger partial charge in [0.1, 0.15) is 11.6 Å². The molecule has 1 aliphatic carbocycles. The maximum absolute atomic E-state index is 12.4. The summed E-state index contributed by atoms with van der Waals surface area (Å²) in [5.41, 5.74) is -0.776. The number of ether oxygens (including phenoxy) is 1. The maximum Gasteiger partial charge on any atom is 0.331 e. The van der Waals surface area contributed by atoms with Crippen LogP contribution in [0.4, 0.5) is 0 Å². The normalized spacial score (nSPS) is 22.4. The minimum atomic E-state index is -0.497. The number of hydrogen-bond acceptors (Lipinski definition) is 4. The van der Waals surface area contributed by atoms with E-state index >= 15 is 0 Å². The Morgan fingerprint density at radius 1 is 1.30 bits per heavy atom. The fourth-order valence-electron chi connectivity index (χ4n) is 2.63. The highest BCUT2D eigenvalue weighted by atomic mass is 16.5. The van der Waals surface area contributed by atoms with Crippen LogP contribution in [0, 0.1) is 11.3 Å². The number of nitrogens with zero attached hydrogens (tertiary/aromatic N) is 3. The minimum Gasteiger partial charge on any atom is -0.376 e. The lowest BCUT2D eigenvalue weighted by Gasteiger charge is -2.23. The molecule has 2 heterocycles. The molecule has 1 saturated carbocycles. The SMILES string of the molecule is N#Cc1cn(C2CC2)c(=O)n(C[C@H]2CCCCO2)c1=O. The number of rotatable bonds is 3. The molecule has 20 heavy (non-hydrogen) atoms. The van der Waals surface area contributed by atoms with E-state index in [4.69, 9.17) is 10.00 Å². The van der Waals surface area contributed by atoms with Crippen molar-refractivity contribution >= 4 is 0 Å². The minimum absolute atomic E-state index is 0.0345. The number of aromatic nitrogens is 2. The quantitative estimate of drug-likeness (QED) is 0.817. The van der Waals surface area contributed by atoms with Gasteiger partial charge in [-0.25, -0.2) is 4.79 Å². The second-order valence-electron chi connectivity index (χ2n) is 5.48. The molecule has 0 amide bonds. The van der Waals surface area contributed by atoms with E-state index in [0.717, 1.165) is 32.1 Å². The average Bonchev–Trinajstić information content (AvgIpc) is 3.29. The highest BCUT2D eigenvalue weighted by Gasteiger charge is 2.27. The van der Waals surface area contributed by atoms with Crippen LogP contribution in [0.3, 0.4) is 0 Å². The molecule has 0 spiro atoms. The van der Waals surface area contributed by atoms with Gasteiger partial charge in [-0.15, -0.1) is 0 Å². The Labute approximate surface area is 116 Å². The largest absolute Gasteiger partial charge is 0.376 e. The first-order valence-corrected chi connectivity index (χ1v) is 7.08. The van der Waals surface area contributed by atoms with Gasteiger partial charge in [0.25, 0.3) is 5.56 Å². The molecule has 6 heteroatoms. The summed E-state index contributed by atoms with van der Waals surface area (Å²) in [6.07, 6.45) is 6.10. The van der Waals surface area contributed by atoms with Crippen LogP contribution in [-0.4, -0.2) is 21.8 Å². The average molecular weight is 275 g/mol. The molecule has 1 aliphatic heterocycles. The van der Waals surface area contributed by atoms with Crippen LogP contribution < -0.4 is 11.2 Å². The van der Waals surface area contributed by atoms with Crippen LogP contribution in [0.1, 0.15) is 43.7 Å². The van der Waals surface area contributed by atoms with Crippen molar-refractivity contribution < 1.29 is 4.74 Å². The van der Waals surface area contributed by atoms with E-state index in [9.17, 15) is 9.59 Å². The van der Waals surface area contributed by atoms with E-state index in [-0.39, 0.29) is 29.9 Å². The van der Waals surface area contributed by atoms with E-state index in [1.165, 1.54) is 15.3 Å². The van der Waals surface area contributed by atoms with Crippen LogP contribution in [0.5, 0.6) is 0 Å². The Morgan fingerprint density at radius 2 is 2.10 bits per heavy atom. The molecule has 0 radical (unpaired) electrons. The summed E-state index contributed by atoms with van der Waals surface area (Å²) >= 11 is 0. The van der Waals surface area contributed by atoms with Gasteiger partial charge in [0.15, 0.2) is 0 Å². The Kier molecular flexibility index (Phi) is 3.45. The molecular formula is C14H17N3O3. The topological polar surface area (TPSA) is 77.0 Å². The molecule has 2 fully saturated rings. The monoisotopic (exact) mass is 275 g/mol. The molecule has 1 aromatic rings. The zero-order valence-electron chi connectivity index (χ0n) is 11.2. The standard InChI is InChI=1S/C14H17N3O3/c15-7-10-8-16(11-4-5-11)14(19)17(13(10)18)9-12-3-1-2-6-20-12/h8,11-12H,1-6,9H2/t12-/m1/s1. The van der Waals surface area contributed by atoms with Gasteiger partial charge in [-0.1, -0.05) is 0 Å². The Hall–Kier alpha value is -1.87. The van der Waals surface area contributed by atoms with E-state index in [1.54, 1.807) is 0 Å². The second-order valence-corrected chi connectivity index (χ2v) is 5.48. The van der Waals surface area contributed by atoms with E-state index in [0.29, 0.717) is 6.61 Å². The van der Waals surface area contributed by atoms with Crippen LogP contribution in [0.15, 0.2) is 15.8 Å². The summed E-state index contributed by atoms with van der Waals surface area (Å²) in [5, 5.41) is 9.06. The van der Waals surface area contributed by atoms with Crippen molar-refractivity contribution in [3.05, 3.63) is 32.6 Å². The fourth-order valence-corrected chi connectivity index (χ4v) is 2.63. The van der Waals surface area contributed by atoms with Crippen LogP contribution >= 0.6 is 0 Å². The first-order valence-electron chi connectivity index (χ1n) is 7.08. The number of nitriles is 1. The van der Waals surface area contributed by atoms with Crippen molar-refractivity contribution in [3.8, 4) is 6.07 Å². The lowest BCUT2D eigenvalue weighted by Crippen LogP contribution is -2.44. The molecule has 3 rings (SSSR count). The molecule has 2 aliphatic rings. The van der Waals surface area contributed by atoms with Crippen LogP contribution in [0.25, 0.3) is 0 Å². The van der Waals surface area contributed by atoms with Crippen molar-refractivity contribution in [2.45, 2.75) is 50.8 Å². The zero-order valence-corrected chi connectivity index (χ0v) is 11.2. The van der Waals surface area contributed by atoms with Crippen molar-refractivity contribution in [3.63, 3.8) is 0 Å². The third kappa shape index (κ3) is 2.41. The summed E-state index contributed by atoms with van der Waals surface area (Å²) in [6, 6.07) is 2.04. The summed E-state index contributed by atoms with van der Waals surface area (Å²) in [5.74, 6) is 0. The van der Waals surface area contributed by atoms with Crippen molar-refractivity contribution in [1.29, 1.82) is 5.26 Å². The van der Waals surface area contributed by atoms with Gasteiger partial charge in [-0.05, 0) is 32.1 Å². The van der Waals surface area contributed by atoms with Crippen LogP contribution in [-0.2, 0) is 11.3 Å².